The molecule has 186 valence electrons. The maximum Gasteiger partial charge on any atom is 0.264 e. The van der Waals surface area contributed by atoms with E-state index in [1.165, 1.54) is 24.3 Å². The third kappa shape index (κ3) is 7.50. The van der Waals surface area contributed by atoms with Crippen LogP contribution in [0.25, 0.3) is 0 Å². The lowest BCUT2D eigenvalue weighted by Crippen LogP contribution is -2.41. The second kappa shape index (κ2) is 12.7. The second-order valence-electron chi connectivity index (χ2n) is 8.22. The minimum Gasteiger partial charge on any atom is -0.496 e. The number of amides is 1. The molecule has 0 aliphatic rings. The fourth-order valence-corrected chi connectivity index (χ4v) is 5.94. The lowest BCUT2D eigenvalue weighted by atomic mass is 10.2. The van der Waals surface area contributed by atoms with Crippen LogP contribution in [0.5, 0.6) is 5.75 Å². The van der Waals surface area contributed by atoms with Gasteiger partial charge in [0, 0.05) is 12.3 Å². The zero-order valence-electron chi connectivity index (χ0n) is 20.4. The van der Waals surface area contributed by atoms with Crippen molar-refractivity contribution in [1.82, 2.24) is 5.32 Å². The number of hydrogen-bond donors (Lipinski definition) is 1. The summed E-state index contributed by atoms with van der Waals surface area (Å²) in [7, 11) is -2.42. The molecule has 0 aliphatic carbocycles. The molecule has 8 heteroatoms. The van der Waals surface area contributed by atoms with Crippen LogP contribution in [-0.4, -0.2) is 40.3 Å². The standard InChI is InChI=1S/C27H32N2O4S2/c1-21-10-12-23(13-11-21)20-34-17-7-16-28-27(30)19-29(24-8-5-4-6-9-24)35(31,32)25-14-15-26(33-3)22(2)18-25/h4-6,8-15,18H,7,16-17,19-20H2,1-3H3,(H,28,30). The van der Waals surface area contributed by atoms with Crippen LogP contribution in [0.15, 0.2) is 77.7 Å². The SMILES string of the molecule is COc1ccc(S(=O)(=O)N(CC(=O)NCCCSCc2ccc(C)cc2)c2ccccc2)cc1C. The van der Waals surface area contributed by atoms with Crippen molar-refractivity contribution < 1.29 is 17.9 Å². The number of rotatable bonds is 12. The molecule has 3 aromatic carbocycles. The molecular formula is C27H32N2O4S2. The van der Waals surface area contributed by atoms with E-state index in [9.17, 15) is 13.2 Å². The van der Waals surface area contributed by atoms with Crippen molar-refractivity contribution in [2.75, 3.05) is 30.3 Å². The van der Waals surface area contributed by atoms with Gasteiger partial charge in [0.25, 0.3) is 10.0 Å². The van der Waals surface area contributed by atoms with Crippen molar-refractivity contribution >= 4 is 33.4 Å². The molecule has 3 rings (SSSR count). The third-order valence-electron chi connectivity index (χ3n) is 5.46. The van der Waals surface area contributed by atoms with Crippen LogP contribution in [-0.2, 0) is 20.6 Å². The Balaban J connectivity index is 1.59. The normalized spacial score (nSPS) is 11.2. The maximum atomic E-state index is 13.5. The predicted octanol–water partition coefficient (Wildman–Crippen LogP) is 4.95. The summed E-state index contributed by atoms with van der Waals surface area (Å²) in [6, 6.07) is 21.8. The number of hydrogen-bond acceptors (Lipinski definition) is 5. The van der Waals surface area contributed by atoms with Crippen LogP contribution in [0.2, 0.25) is 0 Å². The Morgan fingerprint density at radius 2 is 1.71 bits per heavy atom. The molecule has 0 fully saturated rings. The first kappa shape index (κ1) is 26.6. The average molecular weight is 513 g/mol. The Morgan fingerprint density at radius 3 is 2.37 bits per heavy atom. The van der Waals surface area contributed by atoms with Crippen molar-refractivity contribution in [3.05, 3.63) is 89.5 Å². The smallest absolute Gasteiger partial charge is 0.264 e. The molecule has 0 aliphatic heterocycles. The first-order valence-corrected chi connectivity index (χ1v) is 14.0. The van der Waals surface area contributed by atoms with Crippen LogP contribution in [0.1, 0.15) is 23.1 Å². The molecule has 0 atom stereocenters. The number of sulfonamides is 1. The van der Waals surface area contributed by atoms with Gasteiger partial charge in [-0.25, -0.2) is 8.42 Å². The number of para-hydroxylation sites is 1. The van der Waals surface area contributed by atoms with Crippen molar-refractivity contribution in [3.63, 3.8) is 0 Å². The zero-order chi connectivity index (χ0) is 25.3. The van der Waals surface area contributed by atoms with Crippen LogP contribution in [0.4, 0.5) is 5.69 Å². The Hall–Kier alpha value is -2.97. The van der Waals surface area contributed by atoms with E-state index >= 15 is 0 Å². The molecule has 0 aromatic heterocycles. The second-order valence-corrected chi connectivity index (χ2v) is 11.2. The van der Waals surface area contributed by atoms with E-state index in [1.807, 2.05) is 11.8 Å². The van der Waals surface area contributed by atoms with E-state index in [1.54, 1.807) is 49.4 Å². The fourth-order valence-electron chi connectivity index (χ4n) is 3.51. The van der Waals surface area contributed by atoms with Crippen molar-refractivity contribution in [3.8, 4) is 5.75 Å². The van der Waals surface area contributed by atoms with E-state index in [0.717, 1.165) is 22.2 Å². The molecule has 1 N–H and O–H groups in total. The number of anilines is 1. The van der Waals surface area contributed by atoms with Crippen LogP contribution in [0, 0.1) is 13.8 Å². The highest BCUT2D eigenvalue weighted by atomic mass is 32.2. The van der Waals surface area contributed by atoms with Gasteiger partial charge in [0.1, 0.15) is 12.3 Å². The Bertz CT molecular complexity index is 1210. The van der Waals surface area contributed by atoms with E-state index in [2.05, 4.69) is 36.5 Å². The molecule has 0 heterocycles. The molecule has 35 heavy (non-hydrogen) atoms. The molecular weight excluding hydrogens is 480 g/mol. The van der Waals surface area contributed by atoms with E-state index in [0.29, 0.717) is 23.5 Å². The van der Waals surface area contributed by atoms with Gasteiger partial charge in [-0.1, -0.05) is 48.0 Å². The Morgan fingerprint density at radius 1 is 1.00 bits per heavy atom. The highest BCUT2D eigenvalue weighted by Gasteiger charge is 2.27. The van der Waals surface area contributed by atoms with Gasteiger partial charge in [-0.2, -0.15) is 11.8 Å². The number of carbonyl (C=O) groups is 1. The summed E-state index contributed by atoms with van der Waals surface area (Å²) in [6.45, 7) is 4.05. The number of thioether (sulfide) groups is 1. The van der Waals surface area contributed by atoms with Gasteiger partial charge in [-0.15, -0.1) is 0 Å². The molecule has 0 saturated heterocycles. The van der Waals surface area contributed by atoms with Gasteiger partial charge in [0.15, 0.2) is 0 Å². The summed E-state index contributed by atoms with van der Waals surface area (Å²) >= 11 is 1.81. The van der Waals surface area contributed by atoms with Gasteiger partial charge >= 0.3 is 0 Å². The lowest BCUT2D eigenvalue weighted by Gasteiger charge is -2.24. The number of ether oxygens (including phenoxy) is 1. The number of carbonyl (C=O) groups excluding carboxylic acids is 1. The summed E-state index contributed by atoms with van der Waals surface area (Å²) in [5.74, 6) is 2.09. The largest absolute Gasteiger partial charge is 0.496 e. The van der Waals surface area contributed by atoms with Crippen LogP contribution in [0.3, 0.4) is 0 Å². The summed E-state index contributed by atoms with van der Waals surface area (Å²) < 4.78 is 33.4. The van der Waals surface area contributed by atoms with Gasteiger partial charge in [0.2, 0.25) is 5.91 Å². The average Bonchev–Trinajstić information content (AvgIpc) is 2.86. The van der Waals surface area contributed by atoms with Gasteiger partial charge in [0.05, 0.1) is 17.7 Å². The summed E-state index contributed by atoms with van der Waals surface area (Å²) in [4.78, 5) is 12.8. The van der Waals surface area contributed by atoms with Gasteiger partial charge in [-0.3, -0.25) is 9.10 Å². The van der Waals surface area contributed by atoms with E-state index in [-0.39, 0.29) is 17.3 Å². The van der Waals surface area contributed by atoms with E-state index in [4.69, 9.17) is 4.74 Å². The lowest BCUT2D eigenvalue weighted by molar-refractivity contribution is -0.119. The summed E-state index contributed by atoms with van der Waals surface area (Å²) in [5.41, 5.74) is 3.66. The predicted molar refractivity (Wildman–Crippen MR) is 144 cm³/mol. The molecule has 0 bridgehead atoms. The highest BCUT2D eigenvalue weighted by Crippen LogP contribution is 2.27. The highest BCUT2D eigenvalue weighted by molar-refractivity contribution is 7.98. The van der Waals surface area contributed by atoms with Crippen LogP contribution >= 0.6 is 11.8 Å². The quantitative estimate of drug-likeness (QED) is 0.348. The van der Waals surface area contributed by atoms with Gasteiger partial charge < -0.3 is 10.1 Å². The van der Waals surface area contributed by atoms with E-state index < -0.39 is 10.0 Å². The Labute approximate surface area is 212 Å². The first-order valence-electron chi connectivity index (χ1n) is 11.4. The first-order chi connectivity index (χ1) is 16.8. The van der Waals surface area contributed by atoms with Crippen molar-refractivity contribution in [2.24, 2.45) is 0 Å². The number of methoxy groups -OCH3 is 1. The monoisotopic (exact) mass is 512 g/mol. The topological polar surface area (TPSA) is 75.7 Å². The number of nitrogens with one attached hydrogen (secondary N) is 1. The number of aryl methyl sites for hydroxylation is 2. The summed E-state index contributed by atoms with van der Waals surface area (Å²) in [5, 5.41) is 2.86. The minimum absolute atomic E-state index is 0.111. The molecule has 0 spiro atoms. The molecule has 0 unspecified atom stereocenters. The number of nitrogens with zero attached hydrogens (tertiary/aromatic N) is 1. The third-order valence-corrected chi connectivity index (χ3v) is 8.35. The van der Waals surface area contributed by atoms with Crippen molar-refractivity contribution in [2.45, 2.75) is 30.9 Å². The Kier molecular flexibility index (Phi) is 9.63. The molecule has 6 nitrogen and oxygen atoms in total. The van der Waals surface area contributed by atoms with Crippen LogP contribution < -0.4 is 14.4 Å². The van der Waals surface area contributed by atoms with Crippen molar-refractivity contribution in [1.29, 1.82) is 0 Å². The number of benzene rings is 3. The van der Waals surface area contributed by atoms with Gasteiger partial charge in [-0.05, 0) is 67.5 Å². The molecule has 1 amide bonds. The molecule has 3 aromatic rings. The zero-order valence-corrected chi connectivity index (χ0v) is 22.0. The molecule has 0 saturated carbocycles. The maximum absolute atomic E-state index is 13.5. The summed E-state index contributed by atoms with van der Waals surface area (Å²) in [6.07, 6.45) is 0.804. The minimum atomic E-state index is -3.96. The molecule has 0 radical (unpaired) electrons. The fraction of sp³-hybridized carbons (Fsp3) is 0.296.